The van der Waals surface area contributed by atoms with Crippen LogP contribution in [0.15, 0.2) is 119 Å². The van der Waals surface area contributed by atoms with Gasteiger partial charge in [0.25, 0.3) is 0 Å². The first-order valence-electron chi connectivity index (χ1n) is 24.2. The van der Waals surface area contributed by atoms with E-state index in [9.17, 15) is 28.8 Å². The number of rotatable bonds is 32. The average molecular weight is 951 g/mol. The van der Waals surface area contributed by atoms with Gasteiger partial charge < -0.3 is 41.7 Å². The summed E-state index contributed by atoms with van der Waals surface area (Å²) in [4.78, 5) is 72.8. The molecule has 6 rings (SSSR count). The Morgan fingerprint density at radius 2 is 0.681 bits per heavy atom. The Labute approximate surface area is 400 Å². The van der Waals surface area contributed by atoms with Crippen LogP contribution in [0, 0.1) is 0 Å². The summed E-state index contributed by atoms with van der Waals surface area (Å²) in [6.07, 6.45) is 11.9. The number of ether oxygens (including phenoxy) is 6. The van der Waals surface area contributed by atoms with Crippen LogP contribution in [0.2, 0.25) is 0 Å². The van der Waals surface area contributed by atoms with Gasteiger partial charge in [0.2, 0.25) is 0 Å². The Bertz CT molecular complexity index is 2610. The monoisotopic (exact) mass is 950 g/mol. The van der Waals surface area contributed by atoms with E-state index >= 15 is 0 Å². The molecule has 0 aliphatic carbocycles. The molecular weight excluding hydrogens is 889 g/mol. The summed E-state index contributed by atoms with van der Waals surface area (Å²) >= 11 is 0. The molecule has 0 radical (unpaired) electrons. The van der Waals surface area contributed by atoms with E-state index in [-0.39, 0.29) is 32.5 Å². The lowest BCUT2D eigenvalue weighted by Crippen LogP contribution is -2.30. The van der Waals surface area contributed by atoms with Crippen LogP contribution in [0.1, 0.15) is 116 Å². The summed E-state index contributed by atoms with van der Waals surface area (Å²) < 4.78 is 49.8. The van der Waals surface area contributed by atoms with Gasteiger partial charge in [-0.3, -0.25) is 14.4 Å². The van der Waals surface area contributed by atoms with Crippen LogP contribution in [-0.4, -0.2) is 57.0 Å². The van der Waals surface area contributed by atoms with Crippen LogP contribution in [0.5, 0.6) is 17.2 Å². The van der Waals surface area contributed by atoms with E-state index in [2.05, 4.69) is 0 Å². The molecule has 0 amide bonds. The molecule has 15 heteroatoms. The second kappa shape index (κ2) is 28.4. The van der Waals surface area contributed by atoms with Crippen molar-refractivity contribution in [3.63, 3.8) is 0 Å². The Balaban J connectivity index is 0.831. The van der Waals surface area contributed by atoms with Crippen LogP contribution in [0.25, 0.3) is 32.9 Å². The normalized spacial score (nSPS) is 11.3. The molecule has 3 aromatic carbocycles. The molecule has 3 heterocycles. The first kappa shape index (κ1) is 51.5. The van der Waals surface area contributed by atoms with Crippen molar-refractivity contribution in [1.82, 2.24) is 0 Å². The van der Waals surface area contributed by atoms with Crippen molar-refractivity contribution >= 4 is 50.8 Å². The van der Waals surface area contributed by atoms with Crippen LogP contribution < -0.4 is 31.1 Å². The van der Waals surface area contributed by atoms with Crippen LogP contribution in [0.3, 0.4) is 0 Å². The van der Waals surface area contributed by atoms with Crippen molar-refractivity contribution in [3.8, 4) is 17.2 Å². The Morgan fingerprint density at radius 1 is 0.377 bits per heavy atom. The lowest BCUT2D eigenvalue weighted by atomic mass is 10.1. The largest absolute Gasteiger partial charge is 0.493 e. The van der Waals surface area contributed by atoms with Crippen molar-refractivity contribution in [2.75, 3.05) is 33.0 Å². The van der Waals surface area contributed by atoms with Crippen molar-refractivity contribution in [2.45, 2.75) is 122 Å². The molecular formula is C54H62O15. The molecule has 15 nitrogen and oxygen atoms in total. The van der Waals surface area contributed by atoms with Gasteiger partial charge in [0, 0.05) is 71.8 Å². The number of hydrogen-bond donors (Lipinski definition) is 0. The van der Waals surface area contributed by atoms with Gasteiger partial charge in [0.05, 0.1) is 19.8 Å². The number of fused-ring (bicyclic) bond motifs is 3. The van der Waals surface area contributed by atoms with E-state index in [4.69, 9.17) is 41.7 Å². The lowest BCUT2D eigenvalue weighted by molar-refractivity contribution is -0.167. The number of hydrogen-bond acceptors (Lipinski definition) is 15. The topological polar surface area (TPSA) is 197 Å². The van der Waals surface area contributed by atoms with E-state index in [0.717, 1.165) is 93.2 Å². The van der Waals surface area contributed by atoms with Gasteiger partial charge in [-0.1, -0.05) is 57.8 Å². The summed E-state index contributed by atoms with van der Waals surface area (Å²) in [5.41, 5.74) is 0.207. The van der Waals surface area contributed by atoms with Crippen LogP contribution >= 0.6 is 0 Å². The third-order valence-corrected chi connectivity index (χ3v) is 11.3. The first-order valence-corrected chi connectivity index (χ1v) is 24.2. The SMILES string of the molecule is O=C(CCCCCCCOc1ccc2ccc(=O)oc2c1)OCC(COC(=O)CCCCCCCOc1ccc2ccc(=O)oc2c1)OC(=O)CCCCCCCOc1ccc2ccc(=O)oc2c1. The van der Waals surface area contributed by atoms with E-state index < -0.39 is 40.9 Å². The molecule has 69 heavy (non-hydrogen) atoms. The minimum absolute atomic E-state index is 0.175. The fourth-order valence-corrected chi connectivity index (χ4v) is 7.54. The molecule has 0 aliphatic heterocycles. The summed E-state index contributed by atoms with van der Waals surface area (Å²) in [7, 11) is 0. The van der Waals surface area contributed by atoms with Gasteiger partial charge in [-0.05, 0) is 93.1 Å². The van der Waals surface area contributed by atoms with Crippen molar-refractivity contribution in [3.05, 3.63) is 122 Å². The number of unbranched alkanes of at least 4 members (excludes halogenated alkanes) is 12. The summed E-state index contributed by atoms with van der Waals surface area (Å²) in [6, 6.07) is 25.5. The fourth-order valence-electron chi connectivity index (χ4n) is 7.54. The van der Waals surface area contributed by atoms with Gasteiger partial charge in [0.15, 0.2) is 6.10 Å². The van der Waals surface area contributed by atoms with Crippen molar-refractivity contribution in [2.24, 2.45) is 0 Å². The summed E-state index contributed by atoms with van der Waals surface area (Å²) in [5, 5.41) is 2.47. The summed E-state index contributed by atoms with van der Waals surface area (Å²) in [5.74, 6) is 0.612. The molecule has 3 aromatic heterocycles. The van der Waals surface area contributed by atoms with Gasteiger partial charge in [0.1, 0.15) is 47.2 Å². The molecule has 0 bridgehead atoms. The molecule has 0 N–H and O–H groups in total. The third-order valence-electron chi connectivity index (χ3n) is 11.3. The molecule has 0 unspecified atom stereocenters. The van der Waals surface area contributed by atoms with Gasteiger partial charge >= 0.3 is 34.8 Å². The highest BCUT2D eigenvalue weighted by Gasteiger charge is 2.20. The van der Waals surface area contributed by atoms with Crippen molar-refractivity contribution < 1.29 is 56.1 Å². The molecule has 0 spiro atoms. The van der Waals surface area contributed by atoms with E-state index in [1.807, 2.05) is 36.4 Å². The second-order valence-corrected chi connectivity index (χ2v) is 16.9. The van der Waals surface area contributed by atoms with Crippen molar-refractivity contribution in [1.29, 1.82) is 0 Å². The summed E-state index contributed by atoms with van der Waals surface area (Å²) in [6.45, 7) is 1.10. The van der Waals surface area contributed by atoms with E-state index in [0.29, 0.717) is 73.1 Å². The molecule has 0 fully saturated rings. The smallest absolute Gasteiger partial charge is 0.336 e. The highest BCUT2D eigenvalue weighted by molar-refractivity contribution is 5.79. The quantitative estimate of drug-likeness (QED) is 0.0167. The zero-order valence-corrected chi connectivity index (χ0v) is 39.1. The first-order chi connectivity index (χ1) is 33.7. The highest BCUT2D eigenvalue weighted by atomic mass is 16.6. The number of carbonyl (C=O) groups is 3. The maximum absolute atomic E-state index is 12.9. The second-order valence-electron chi connectivity index (χ2n) is 16.9. The molecule has 0 saturated heterocycles. The highest BCUT2D eigenvalue weighted by Crippen LogP contribution is 2.23. The van der Waals surface area contributed by atoms with Crippen LogP contribution in [-0.2, 0) is 28.6 Å². The fraction of sp³-hybridized carbons (Fsp3) is 0.444. The van der Waals surface area contributed by atoms with Gasteiger partial charge in [-0.25, -0.2) is 14.4 Å². The molecule has 368 valence electrons. The Hall–Kier alpha value is -6.90. The van der Waals surface area contributed by atoms with E-state index in [1.165, 1.54) is 18.2 Å². The minimum atomic E-state index is -0.928. The third kappa shape index (κ3) is 19.0. The molecule has 6 aromatic rings. The Kier molecular flexibility index (Phi) is 21.2. The number of benzene rings is 3. The molecule has 0 atom stereocenters. The zero-order valence-electron chi connectivity index (χ0n) is 39.1. The minimum Gasteiger partial charge on any atom is -0.493 e. The number of carbonyl (C=O) groups excluding carboxylic acids is 3. The molecule has 0 saturated carbocycles. The van der Waals surface area contributed by atoms with Gasteiger partial charge in [-0.15, -0.1) is 0 Å². The van der Waals surface area contributed by atoms with Gasteiger partial charge in [-0.2, -0.15) is 0 Å². The average Bonchev–Trinajstić information content (AvgIpc) is 3.34. The molecule has 0 aliphatic rings. The zero-order chi connectivity index (χ0) is 48.5. The van der Waals surface area contributed by atoms with Crippen LogP contribution in [0.4, 0.5) is 0 Å². The predicted octanol–water partition coefficient (Wildman–Crippen LogP) is 10.6. The maximum atomic E-state index is 12.9. The Morgan fingerprint density at radius 3 is 1.04 bits per heavy atom. The number of esters is 3. The standard InChI is InChI=1S/C54H62O15/c55-49(16-10-4-1-7-13-31-61-42-25-19-39-22-28-52(58)67-46(39)34-42)64-37-45(66-51(57)18-12-6-3-9-15-33-63-44-27-21-41-24-30-54(60)69-48(41)36-44)38-65-50(56)17-11-5-2-8-14-32-62-43-26-20-40-23-29-53(59)68-47(40)35-43/h19-30,34-36,45H,1-18,31-33,37-38H2. The van der Waals surface area contributed by atoms with E-state index in [1.54, 1.807) is 36.4 Å². The lowest BCUT2D eigenvalue weighted by Gasteiger charge is -2.18. The predicted molar refractivity (Wildman–Crippen MR) is 259 cm³/mol. The maximum Gasteiger partial charge on any atom is 0.336 e.